The Balaban J connectivity index is 1.83. The summed E-state index contributed by atoms with van der Waals surface area (Å²) in [5.41, 5.74) is 7.02. The van der Waals surface area contributed by atoms with Crippen molar-refractivity contribution in [2.75, 3.05) is 0 Å². The van der Waals surface area contributed by atoms with E-state index in [1.165, 1.54) is 11.1 Å². The predicted octanol–water partition coefficient (Wildman–Crippen LogP) is 1.34. The van der Waals surface area contributed by atoms with Crippen molar-refractivity contribution in [3.05, 3.63) is 53.3 Å². The fourth-order valence-corrected chi connectivity index (χ4v) is 2.93. The van der Waals surface area contributed by atoms with Gasteiger partial charge in [-0.05, 0) is 29.9 Å². The highest BCUT2D eigenvalue weighted by Gasteiger charge is 2.29. The molecule has 3 N–H and O–H groups in total. The Labute approximate surface area is 107 Å². The number of hydrogen-bond donors (Lipinski definition) is 2. The van der Waals surface area contributed by atoms with Crippen LogP contribution in [0.4, 0.5) is 0 Å². The monoisotopic (exact) mass is 242 g/mol. The Morgan fingerprint density at radius 1 is 1.33 bits per heavy atom. The lowest BCUT2D eigenvalue weighted by atomic mass is 9.93. The molecule has 1 atom stereocenters. The van der Waals surface area contributed by atoms with Gasteiger partial charge in [-0.1, -0.05) is 24.3 Å². The molecule has 0 fully saturated rings. The minimum atomic E-state index is 0.172. The van der Waals surface area contributed by atoms with E-state index in [9.17, 15) is 0 Å². The molecule has 0 saturated carbocycles. The van der Waals surface area contributed by atoms with Gasteiger partial charge in [0.1, 0.15) is 0 Å². The lowest BCUT2D eigenvalue weighted by Gasteiger charge is -2.21. The van der Waals surface area contributed by atoms with E-state index < -0.39 is 0 Å². The van der Waals surface area contributed by atoms with E-state index in [4.69, 9.17) is 5.84 Å². The first-order valence-electron chi connectivity index (χ1n) is 6.29. The molecule has 0 bridgehead atoms. The van der Waals surface area contributed by atoms with Crippen LogP contribution >= 0.6 is 0 Å². The number of aromatic nitrogens is 2. The fraction of sp³-hybridized carbons (Fsp3) is 0.357. The average Bonchev–Trinajstić information content (AvgIpc) is 2.96. The van der Waals surface area contributed by atoms with E-state index in [1.54, 1.807) is 0 Å². The van der Waals surface area contributed by atoms with Gasteiger partial charge in [-0.3, -0.25) is 16.0 Å². The minimum Gasteiger partial charge on any atom is -0.275 e. The van der Waals surface area contributed by atoms with Gasteiger partial charge < -0.3 is 0 Å². The minimum absolute atomic E-state index is 0.172. The maximum atomic E-state index is 5.74. The van der Waals surface area contributed by atoms with Crippen molar-refractivity contribution >= 4 is 0 Å². The lowest BCUT2D eigenvalue weighted by Crippen LogP contribution is -2.33. The van der Waals surface area contributed by atoms with Crippen LogP contribution in [-0.2, 0) is 19.9 Å². The lowest BCUT2D eigenvalue weighted by molar-refractivity contribution is 0.379. The third-order valence-corrected chi connectivity index (χ3v) is 3.82. The highest BCUT2D eigenvalue weighted by atomic mass is 15.3. The summed E-state index contributed by atoms with van der Waals surface area (Å²) in [5, 5.41) is 4.23. The van der Waals surface area contributed by atoms with Crippen molar-refractivity contribution in [2.24, 2.45) is 18.8 Å². The summed E-state index contributed by atoms with van der Waals surface area (Å²) >= 11 is 0. The Kier molecular flexibility index (Phi) is 2.89. The predicted molar refractivity (Wildman–Crippen MR) is 70.6 cm³/mol. The first-order valence-corrected chi connectivity index (χ1v) is 6.29. The van der Waals surface area contributed by atoms with E-state index in [-0.39, 0.29) is 6.04 Å². The smallest absolute Gasteiger partial charge is 0.0538 e. The molecule has 1 heterocycles. The van der Waals surface area contributed by atoms with E-state index in [0.29, 0.717) is 5.92 Å². The van der Waals surface area contributed by atoms with Gasteiger partial charge in [0.05, 0.1) is 12.2 Å². The Hall–Kier alpha value is -1.65. The zero-order valence-electron chi connectivity index (χ0n) is 10.5. The summed E-state index contributed by atoms with van der Waals surface area (Å²) in [6, 6.07) is 8.82. The molecule has 0 spiro atoms. The van der Waals surface area contributed by atoms with Crippen molar-refractivity contribution in [2.45, 2.75) is 18.9 Å². The SMILES string of the molecule is Cn1cc(C(NN)C2Cc3ccccc3C2)cn1. The Morgan fingerprint density at radius 2 is 2.00 bits per heavy atom. The van der Waals surface area contributed by atoms with Crippen molar-refractivity contribution < 1.29 is 0 Å². The molecule has 3 rings (SSSR count). The number of fused-ring (bicyclic) bond motifs is 1. The third-order valence-electron chi connectivity index (χ3n) is 3.82. The van der Waals surface area contributed by atoms with Crippen LogP contribution in [0.1, 0.15) is 22.7 Å². The second-order valence-electron chi connectivity index (χ2n) is 5.03. The molecule has 0 amide bonds. The molecule has 0 aliphatic heterocycles. The van der Waals surface area contributed by atoms with Crippen LogP contribution < -0.4 is 11.3 Å². The zero-order valence-corrected chi connectivity index (χ0v) is 10.5. The standard InChI is InChI=1S/C14H18N4/c1-18-9-13(8-16-18)14(17-15)12-6-10-4-2-3-5-11(10)7-12/h2-5,8-9,12,14,17H,6-7,15H2,1H3. The number of nitrogens with zero attached hydrogens (tertiary/aromatic N) is 2. The maximum absolute atomic E-state index is 5.74. The zero-order chi connectivity index (χ0) is 12.5. The van der Waals surface area contributed by atoms with E-state index in [0.717, 1.165) is 18.4 Å². The number of nitrogens with one attached hydrogen (secondary N) is 1. The second kappa shape index (κ2) is 4.55. The van der Waals surface area contributed by atoms with Crippen LogP contribution in [0, 0.1) is 5.92 Å². The van der Waals surface area contributed by atoms with Gasteiger partial charge in [0, 0.05) is 18.8 Å². The largest absolute Gasteiger partial charge is 0.275 e. The second-order valence-corrected chi connectivity index (χ2v) is 5.03. The molecule has 1 aromatic heterocycles. The van der Waals surface area contributed by atoms with E-state index in [1.807, 2.05) is 24.1 Å². The normalized spacial score (nSPS) is 16.8. The topological polar surface area (TPSA) is 55.9 Å². The molecule has 1 aliphatic carbocycles. The van der Waals surface area contributed by atoms with Gasteiger partial charge in [0.2, 0.25) is 0 Å². The molecule has 0 radical (unpaired) electrons. The molecule has 94 valence electrons. The molecular weight excluding hydrogens is 224 g/mol. The van der Waals surface area contributed by atoms with Gasteiger partial charge in [0.25, 0.3) is 0 Å². The number of nitrogens with two attached hydrogens (primary N) is 1. The molecular formula is C14H18N4. The van der Waals surface area contributed by atoms with Crippen LogP contribution in [0.25, 0.3) is 0 Å². The van der Waals surface area contributed by atoms with Gasteiger partial charge in [-0.15, -0.1) is 0 Å². The number of rotatable bonds is 3. The van der Waals surface area contributed by atoms with E-state index >= 15 is 0 Å². The molecule has 18 heavy (non-hydrogen) atoms. The van der Waals surface area contributed by atoms with Crippen molar-refractivity contribution in [3.63, 3.8) is 0 Å². The van der Waals surface area contributed by atoms with Gasteiger partial charge >= 0.3 is 0 Å². The molecule has 1 unspecified atom stereocenters. The summed E-state index contributed by atoms with van der Waals surface area (Å²) in [5.74, 6) is 6.25. The summed E-state index contributed by atoms with van der Waals surface area (Å²) in [7, 11) is 1.93. The average molecular weight is 242 g/mol. The molecule has 4 heteroatoms. The number of benzene rings is 1. The van der Waals surface area contributed by atoms with Gasteiger partial charge in [0.15, 0.2) is 0 Å². The van der Waals surface area contributed by atoms with Crippen molar-refractivity contribution in [1.29, 1.82) is 0 Å². The summed E-state index contributed by atoms with van der Waals surface area (Å²) < 4.78 is 1.82. The van der Waals surface area contributed by atoms with E-state index in [2.05, 4.69) is 34.8 Å². The summed E-state index contributed by atoms with van der Waals surface area (Å²) in [4.78, 5) is 0. The van der Waals surface area contributed by atoms with Gasteiger partial charge in [-0.25, -0.2) is 0 Å². The van der Waals surface area contributed by atoms with Crippen LogP contribution in [0.2, 0.25) is 0 Å². The molecule has 0 saturated heterocycles. The quantitative estimate of drug-likeness (QED) is 0.631. The Morgan fingerprint density at radius 3 is 2.50 bits per heavy atom. The molecule has 2 aromatic rings. The van der Waals surface area contributed by atoms with Crippen molar-refractivity contribution in [3.8, 4) is 0 Å². The van der Waals surface area contributed by atoms with Crippen LogP contribution in [0.5, 0.6) is 0 Å². The first-order chi connectivity index (χ1) is 8.78. The number of hydrogen-bond acceptors (Lipinski definition) is 3. The van der Waals surface area contributed by atoms with Crippen molar-refractivity contribution in [1.82, 2.24) is 15.2 Å². The van der Waals surface area contributed by atoms with Crippen LogP contribution in [0.3, 0.4) is 0 Å². The number of hydrazine groups is 1. The molecule has 1 aromatic carbocycles. The highest BCUT2D eigenvalue weighted by molar-refractivity contribution is 5.33. The fourth-order valence-electron chi connectivity index (χ4n) is 2.93. The summed E-state index contributed by atoms with van der Waals surface area (Å²) in [6.07, 6.45) is 6.10. The maximum Gasteiger partial charge on any atom is 0.0538 e. The van der Waals surface area contributed by atoms with Crippen LogP contribution in [0.15, 0.2) is 36.7 Å². The third kappa shape index (κ3) is 1.94. The number of aryl methyl sites for hydroxylation is 1. The molecule has 4 nitrogen and oxygen atoms in total. The van der Waals surface area contributed by atoms with Crippen LogP contribution in [-0.4, -0.2) is 9.78 Å². The first kappa shape index (κ1) is 11.4. The molecule has 1 aliphatic rings. The van der Waals surface area contributed by atoms with Gasteiger partial charge in [-0.2, -0.15) is 5.10 Å². The Bertz CT molecular complexity index is 521. The highest BCUT2D eigenvalue weighted by Crippen LogP contribution is 2.34. The summed E-state index contributed by atoms with van der Waals surface area (Å²) in [6.45, 7) is 0.